The molecule has 0 radical (unpaired) electrons. The van der Waals surface area contributed by atoms with Gasteiger partial charge < -0.3 is 10.1 Å². The topological polar surface area (TPSA) is 70.2 Å². The van der Waals surface area contributed by atoms with Gasteiger partial charge >= 0.3 is 0 Å². The molecule has 0 spiro atoms. The first-order chi connectivity index (χ1) is 9.66. The Bertz CT molecular complexity index is 399. The second-order valence-electron chi connectivity index (χ2n) is 5.63. The average Bonchev–Trinajstić information content (AvgIpc) is 2.98. The van der Waals surface area contributed by atoms with Crippen LogP contribution < -0.4 is 5.32 Å². The van der Waals surface area contributed by atoms with Crippen LogP contribution in [-0.2, 0) is 4.74 Å². The van der Waals surface area contributed by atoms with E-state index in [1.165, 1.54) is 0 Å². The van der Waals surface area contributed by atoms with E-state index < -0.39 is 0 Å². The monoisotopic (exact) mass is 280 g/mol. The number of amides is 1. The third-order valence-corrected chi connectivity index (χ3v) is 3.56. The molecule has 6 heteroatoms. The van der Waals surface area contributed by atoms with Crippen LogP contribution in [0, 0.1) is 5.92 Å². The summed E-state index contributed by atoms with van der Waals surface area (Å²) in [6, 6.07) is 0.370. The van der Waals surface area contributed by atoms with Crippen molar-refractivity contribution in [2.45, 2.75) is 26.3 Å². The van der Waals surface area contributed by atoms with Crippen LogP contribution in [0.15, 0.2) is 12.4 Å². The van der Waals surface area contributed by atoms with E-state index in [0.717, 1.165) is 32.7 Å². The van der Waals surface area contributed by atoms with Crippen molar-refractivity contribution in [1.29, 1.82) is 0 Å². The number of rotatable bonds is 6. The van der Waals surface area contributed by atoms with Crippen LogP contribution in [0.5, 0.6) is 0 Å². The van der Waals surface area contributed by atoms with Crippen molar-refractivity contribution in [2.24, 2.45) is 5.92 Å². The number of nitrogens with one attached hydrogen (secondary N) is 2. The molecule has 2 N–H and O–H groups in total. The minimum Gasteiger partial charge on any atom is -0.379 e. The second-order valence-corrected chi connectivity index (χ2v) is 5.63. The molecule has 1 atom stereocenters. The standard InChI is InChI=1S/C14H24N4O2/c1-11(2)7-13(18-3-5-20-6-4-18)10-15-14(19)12-8-16-17-9-12/h8-9,11,13H,3-7,10H2,1-2H3,(H,15,19)(H,16,17). The van der Waals surface area contributed by atoms with E-state index in [1.807, 2.05) is 0 Å². The number of morpholine rings is 1. The number of hydrogen-bond donors (Lipinski definition) is 2. The molecule has 1 saturated heterocycles. The lowest BCUT2D eigenvalue weighted by atomic mass is 10.0. The molecule has 20 heavy (non-hydrogen) atoms. The zero-order chi connectivity index (χ0) is 14.4. The quantitative estimate of drug-likeness (QED) is 0.812. The first kappa shape index (κ1) is 15.0. The molecule has 1 fully saturated rings. The van der Waals surface area contributed by atoms with Gasteiger partial charge in [0.15, 0.2) is 0 Å². The Kier molecular flexibility index (Phi) is 5.55. The van der Waals surface area contributed by atoms with E-state index >= 15 is 0 Å². The Hall–Kier alpha value is -1.40. The Morgan fingerprint density at radius 3 is 2.85 bits per heavy atom. The number of H-pyrrole nitrogens is 1. The molecule has 2 rings (SSSR count). The second kappa shape index (κ2) is 7.40. The lowest BCUT2D eigenvalue weighted by molar-refractivity contribution is 0.0124. The number of aromatic amines is 1. The van der Waals surface area contributed by atoms with Gasteiger partial charge in [0.2, 0.25) is 0 Å². The zero-order valence-corrected chi connectivity index (χ0v) is 12.3. The van der Waals surface area contributed by atoms with Gasteiger partial charge in [-0.05, 0) is 12.3 Å². The van der Waals surface area contributed by atoms with Crippen LogP contribution in [-0.4, -0.2) is 59.9 Å². The summed E-state index contributed by atoms with van der Waals surface area (Å²) in [6.45, 7) is 8.55. The Balaban J connectivity index is 1.88. The SMILES string of the molecule is CC(C)CC(CNC(=O)c1cn[nH]c1)N1CCOCC1. The highest BCUT2D eigenvalue weighted by atomic mass is 16.5. The van der Waals surface area contributed by atoms with E-state index in [2.05, 4.69) is 34.3 Å². The molecule has 1 amide bonds. The normalized spacial score (nSPS) is 18.1. The van der Waals surface area contributed by atoms with Gasteiger partial charge in [0.05, 0.1) is 25.0 Å². The summed E-state index contributed by atoms with van der Waals surface area (Å²) in [5.74, 6) is 0.537. The van der Waals surface area contributed by atoms with Crippen molar-refractivity contribution in [3.8, 4) is 0 Å². The lowest BCUT2D eigenvalue weighted by Crippen LogP contribution is -2.49. The van der Waals surface area contributed by atoms with Crippen molar-refractivity contribution in [3.05, 3.63) is 18.0 Å². The maximum Gasteiger partial charge on any atom is 0.254 e. The van der Waals surface area contributed by atoms with Crippen molar-refractivity contribution in [2.75, 3.05) is 32.8 Å². The van der Waals surface area contributed by atoms with Crippen LogP contribution in [0.3, 0.4) is 0 Å². The molecular formula is C14H24N4O2. The maximum atomic E-state index is 12.0. The number of nitrogens with zero attached hydrogens (tertiary/aromatic N) is 2. The molecular weight excluding hydrogens is 256 g/mol. The number of ether oxygens (including phenoxy) is 1. The number of carbonyl (C=O) groups excluding carboxylic acids is 1. The number of hydrogen-bond acceptors (Lipinski definition) is 4. The summed E-state index contributed by atoms with van der Waals surface area (Å²) in [4.78, 5) is 14.4. The summed E-state index contributed by atoms with van der Waals surface area (Å²) in [5, 5.41) is 9.46. The highest BCUT2D eigenvalue weighted by Crippen LogP contribution is 2.13. The van der Waals surface area contributed by atoms with Crippen molar-refractivity contribution in [1.82, 2.24) is 20.4 Å². The minimum absolute atomic E-state index is 0.0687. The Morgan fingerprint density at radius 2 is 2.25 bits per heavy atom. The molecule has 1 aromatic rings. The van der Waals surface area contributed by atoms with Gasteiger partial charge in [-0.2, -0.15) is 5.10 Å². The van der Waals surface area contributed by atoms with Gasteiger partial charge in [0, 0.05) is 31.9 Å². The average molecular weight is 280 g/mol. The van der Waals surface area contributed by atoms with Gasteiger partial charge in [0.1, 0.15) is 0 Å². The van der Waals surface area contributed by atoms with E-state index in [-0.39, 0.29) is 5.91 Å². The van der Waals surface area contributed by atoms with Crippen molar-refractivity contribution < 1.29 is 9.53 Å². The molecule has 112 valence electrons. The first-order valence-electron chi connectivity index (χ1n) is 7.25. The van der Waals surface area contributed by atoms with E-state index in [0.29, 0.717) is 24.1 Å². The molecule has 1 aromatic heterocycles. The van der Waals surface area contributed by atoms with Crippen LogP contribution in [0.4, 0.5) is 0 Å². The number of aromatic nitrogens is 2. The first-order valence-corrected chi connectivity index (χ1v) is 7.25. The predicted octanol–water partition coefficient (Wildman–Crippen LogP) is 0.886. The third-order valence-electron chi connectivity index (χ3n) is 3.56. The van der Waals surface area contributed by atoms with E-state index in [1.54, 1.807) is 12.4 Å². The molecule has 0 aromatic carbocycles. The summed E-state index contributed by atoms with van der Waals surface area (Å²) in [5.41, 5.74) is 0.579. The van der Waals surface area contributed by atoms with Crippen LogP contribution in [0.1, 0.15) is 30.6 Å². The third kappa shape index (κ3) is 4.31. The molecule has 0 bridgehead atoms. The fourth-order valence-corrected chi connectivity index (χ4v) is 2.54. The Morgan fingerprint density at radius 1 is 1.50 bits per heavy atom. The van der Waals surface area contributed by atoms with Crippen LogP contribution >= 0.6 is 0 Å². The molecule has 2 heterocycles. The molecule has 0 aliphatic carbocycles. The summed E-state index contributed by atoms with van der Waals surface area (Å²) in [7, 11) is 0. The van der Waals surface area contributed by atoms with Gasteiger partial charge in [0.25, 0.3) is 5.91 Å². The highest BCUT2D eigenvalue weighted by molar-refractivity contribution is 5.93. The van der Waals surface area contributed by atoms with Crippen LogP contribution in [0.25, 0.3) is 0 Å². The summed E-state index contributed by atoms with van der Waals surface area (Å²) >= 11 is 0. The van der Waals surface area contributed by atoms with E-state index in [4.69, 9.17) is 4.74 Å². The fraction of sp³-hybridized carbons (Fsp3) is 0.714. The van der Waals surface area contributed by atoms with Gasteiger partial charge in [-0.3, -0.25) is 14.8 Å². The molecule has 1 aliphatic heterocycles. The van der Waals surface area contributed by atoms with Crippen molar-refractivity contribution in [3.63, 3.8) is 0 Å². The highest BCUT2D eigenvalue weighted by Gasteiger charge is 2.22. The lowest BCUT2D eigenvalue weighted by Gasteiger charge is -2.35. The van der Waals surface area contributed by atoms with Crippen molar-refractivity contribution >= 4 is 5.91 Å². The molecule has 1 aliphatic rings. The smallest absolute Gasteiger partial charge is 0.254 e. The largest absolute Gasteiger partial charge is 0.379 e. The van der Waals surface area contributed by atoms with Gasteiger partial charge in [-0.1, -0.05) is 13.8 Å². The zero-order valence-electron chi connectivity index (χ0n) is 12.3. The van der Waals surface area contributed by atoms with Gasteiger partial charge in [-0.25, -0.2) is 0 Å². The fourth-order valence-electron chi connectivity index (χ4n) is 2.54. The minimum atomic E-state index is -0.0687. The van der Waals surface area contributed by atoms with Gasteiger partial charge in [-0.15, -0.1) is 0 Å². The van der Waals surface area contributed by atoms with Crippen LogP contribution in [0.2, 0.25) is 0 Å². The summed E-state index contributed by atoms with van der Waals surface area (Å²) < 4.78 is 5.40. The molecule has 1 unspecified atom stereocenters. The maximum absolute atomic E-state index is 12.0. The predicted molar refractivity (Wildman–Crippen MR) is 76.6 cm³/mol. The summed E-state index contributed by atoms with van der Waals surface area (Å²) in [6.07, 6.45) is 4.23. The molecule has 0 saturated carbocycles. The Labute approximate surface area is 119 Å². The number of carbonyl (C=O) groups is 1. The molecule has 6 nitrogen and oxygen atoms in total. The van der Waals surface area contributed by atoms with E-state index in [9.17, 15) is 4.79 Å².